The molecule has 2 amide bonds. The highest BCUT2D eigenvalue weighted by atomic mass is 19.1. The Kier molecular flexibility index (Phi) is 10.0. The maximum absolute atomic E-state index is 14.5. The van der Waals surface area contributed by atoms with Crippen molar-refractivity contribution in [2.24, 2.45) is 21.7 Å². The van der Waals surface area contributed by atoms with Gasteiger partial charge in [-0.25, -0.2) is 4.39 Å². The van der Waals surface area contributed by atoms with Crippen LogP contribution in [0.5, 0.6) is 0 Å². The van der Waals surface area contributed by atoms with E-state index in [4.69, 9.17) is 10.1 Å². The number of aliphatic imine (C=N–C) groups is 1. The van der Waals surface area contributed by atoms with E-state index in [0.717, 1.165) is 44.1 Å². The van der Waals surface area contributed by atoms with Crippen LogP contribution >= 0.6 is 0 Å². The molecule has 0 aromatic heterocycles. The van der Waals surface area contributed by atoms with Crippen LogP contribution in [0, 0.1) is 22.6 Å². The molecule has 8 heteroatoms. The van der Waals surface area contributed by atoms with Crippen LogP contribution in [0.2, 0.25) is 0 Å². The molecule has 1 atom stereocenters. The van der Waals surface area contributed by atoms with Gasteiger partial charge in [-0.1, -0.05) is 72.2 Å². The summed E-state index contributed by atoms with van der Waals surface area (Å²) in [6.45, 7) is 13.5. The third-order valence-electron chi connectivity index (χ3n) is 9.75. The molecule has 4 rings (SSSR count). The van der Waals surface area contributed by atoms with Gasteiger partial charge in [0.25, 0.3) is 11.8 Å². The van der Waals surface area contributed by atoms with Crippen LogP contribution < -0.4 is 5.32 Å². The topological polar surface area (TPSA) is 99.1 Å². The molecular formula is C36H48FN3O4. The average Bonchev–Trinajstić information content (AvgIpc) is 3.24. The van der Waals surface area contributed by atoms with Crippen molar-refractivity contribution in [3.05, 3.63) is 71.0 Å². The third kappa shape index (κ3) is 7.56. The summed E-state index contributed by atoms with van der Waals surface area (Å²) in [4.78, 5) is 45.2. The van der Waals surface area contributed by atoms with Crippen LogP contribution in [-0.2, 0) is 9.59 Å². The lowest BCUT2D eigenvalue weighted by Crippen LogP contribution is -2.51. The Bertz CT molecular complexity index is 1380. The van der Waals surface area contributed by atoms with E-state index in [1.54, 1.807) is 24.3 Å². The van der Waals surface area contributed by atoms with E-state index in [1.165, 1.54) is 12.1 Å². The van der Waals surface area contributed by atoms with Crippen molar-refractivity contribution in [2.75, 3.05) is 6.54 Å². The summed E-state index contributed by atoms with van der Waals surface area (Å²) >= 11 is 0. The summed E-state index contributed by atoms with van der Waals surface area (Å²) in [6.07, 6.45) is 5.87. The molecule has 1 aliphatic carbocycles. The highest BCUT2D eigenvalue weighted by Gasteiger charge is 2.53. The molecule has 2 aliphatic rings. The summed E-state index contributed by atoms with van der Waals surface area (Å²) in [5.74, 6) is -1.38. The SMILES string of the molecule is CCC(C)(C)C1CCC2(CC1)N=C(c1cccc(F)c1)C(=O)N2C(CCC(C)(C)C)c1ccc(C(=O)NCCC(=O)O)cc1. The highest BCUT2D eigenvalue weighted by molar-refractivity contribution is 6.46. The van der Waals surface area contributed by atoms with Crippen molar-refractivity contribution in [2.45, 2.75) is 105 Å². The Morgan fingerprint density at radius 1 is 1.09 bits per heavy atom. The number of carbonyl (C=O) groups is 3. The standard InChI is InChI=1S/C36H48FN3O4/c1-7-35(5,6)27-15-20-36(21-16-27)39-31(26-9-8-10-28(37)23-26)33(44)40(36)29(17-19-34(2,3)4)24-11-13-25(14-12-24)32(43)38-22-18-30(41)42/h8-14,23,27,29H,7,15-22H2,1-6H3,(H,38,43)(H,41,42). The first-order chi connectivity index (χ1) is 20.7. The van der Waals surface area contributed by atoms with Crippen LogP contribution in [0.1, 0.15) is 120 Å². The maximum Gasteiger partial charge on any atom is 0.305 e. The molecule has 1 aliphatic heterocycles. The Morgan fingerprint density at radius 3 is 2.32 bits per heavy atom. The van der Waals surface area contributed by atoms with Crippen LogP contribution in [-0.4, -0.2) is 45.7 Å². The summed E-state index contributed by atoms with van der Waals surface area (Å²) in [5.41, 5.74) is 1.63. The van der Waals surface area contributed by atoms with Gasteiger partial charge < -0.3 is 15.3 Å². The van der Waals surface area contributed by atoms with Gasteiger partial charge in [0.15, 0.2) is 0 Å². The van der Waals surface area contributed by atoms with E-state index < -0.39 is 17.4 Å². The molecule has 0 radical (unpaired) electrons. The van der Waals surface area contributed by atoms with Gasteiger partial charge in [-0.05, 0) is 85.1 Å². The molecule has 44 heavy (non-hydrogen) atoms. The molecule has 1 spiro atoms. The molecule has 1 unspecified atom stereocenters. The quantitative estimate of drug-likeness (QED) is 0.276. The zero-order valence-electron chi connectivity index (χ0n) is 27.1. The van der Waals surface area contributed by atoms with E-state index in [1.807, 2.05) is 17.0 Å². The summed E-state index contributed by atoms with van der Waals surface area (Å²) < 4.78 is 14.4. The third-order valence-corrected chi connectivity index (χ3v) is 9.75. The number of rotatable bonds is 11. The van der Waals surface area contributed by atoms with Gasteiger partial charge in [-0.3, -0.25) is 19.4 Å². The van der Waals surface area contributed by atoms with Gasteiger partial charge in [0, 0.05) is 17.7 Å². The number of carboxylic acids is 1. The molecule has 2 aromatic carbocycles. The van der Waals surface area contributed by atoms with E-state index >= 15 is 0 Å². The van der Waals surface area contributed by atoms with Crippen LogP contribution in [0.15, 0.2) is 53.5 Å². The van der Waals surface area contributed by atoms with Gasteiger partial charge in [-0.2, -0.15) is 0 Å². The second kappa shape index (κ2) is 13.2. The van der Waals surface area contributed by atoms with Crippen molar-refractivity contribution in [3.63, 3.8) is 0 Å². The normalized spacial score (nSPS) is 21.3. The fourth-order valence-electron chi connectivity index (χ4n) is 6.63. The Hall–Kier alpha value is -3.55. The maximum atomic E-state index is 14.5. The van der Waals surface area contributed by atoms with Gasteiger partial charge in [0.2, 0.25) is 0 Å². The number of carboxylic acid groups (broad SMARTS) is 1. The predicted molar refractivity (Wildman–Crippen MR) is 171 cm³/mol. The van der Waals surface area contributed by atoms with Crippen LogP contribution in [0.25, 0.3) is 0 Å². The molecule has 0 bridgehead atoms. The number of hydrogen-bond acceptors (Lipinski definition) is 4. The monoisotopic (exact) mass is 605 g/mol. The number of halogens is 1. The molecule has 1 saturated carbocycles. The minimum Gasteiger partial charge on any atom is -0.481 e. The first-order valence-corrected chi connectivity index (χ1v) is 16.0. The summed E-state index contributed by atoms with van der Waals surface area (Å²) in [7, 11) is 0. The molecular weight excluding hydrogens is 557 g/mol. The minimum absolute atomic E-state index is 0.0210. The Morgan fingerprint density at radius 2 is 1.75 bits per heavy atom. The fourth-order valence-corrected chi connectivity index (χ4v) is 6.63. The second-order valence-corrected chi connectivity index (χ2v) is 14.4. The minimum atomic E-state index is -0.973. The molecule has 0 saturated heterocycles. The number of amides is 2. The van der Waals surface area contributed by atoms with Gasteiger partial charge in [-0.15, -0.1) is 0 Å². The predicted octanol–water partition coefficient (Wildman–Crippen LogP) is 7.55. The lowest BCUT2D eigenvalue weighted by Gasteiger charge is -2.48. The van der Waals surface area contributed by atoms with Gasteiger partial charge >= 0.3 is 5.97 Å². The number of benzene rings is 2. The number of nitrogens with one attached hydrogen (secondary N) is 1. The Labute approximate surface area is 261 Å². The molecule has 2 N–H and O–H groups in total. The molecule has 2 aromatic rings. The largest absolute Gasteiger partial charge is 0.481 e. The van der Waals surface area contributed by atoms with Crippen molar-refractivity contribution < 1.29 is 23.9 Å². The van der Waals surface area contributed by atoms with Crippen LogP contribution in [0.4, 0.5) is 4.39 Å². The zero-order valence-corrected chi connectivity index (χ0v) is 27.1. The second-order valence-electron chi connectivity index (χ2n) is 14.4. The van der Waals surface area contributed by atoms with E-state index in [0.29, 0.717) is 29.2 Å². The van der Waals surface area contributed by atoms with Gasteiger partial charge in [0.1, 0.15) is 17.2 Å². The fraction of sp³-hybridized carbons (Fsp3) is 0.556. The number of nitrogens with zero attached hydrogens (tertiary/aromatic N) is 2. The van der Waals surface area contributed by atoms with E-state index in [9.17, 15) is 18.8 Å². The summed E-state index contributed by atoms with van der Waals surface area (Å²) in [6, 6.07) is 13.1. The first kappa shape index (κ1) is 33.3. The highest BCUT2D eigenvalue weighted by Crippen LogP contribution is 2.51. The van der Waals surface area contributed by atoms with E-state index in [2.05, 4.69) is 46.9 Å². The van der Waals surface area contributed by atoms with Crippen molar-refractivity contribution in [1.82, 2.24) is 10.2 Å². The Balaban J connectivity index is 1.73. The lowest BCUT2D eigenvalue weighted by molar-refractivity contribution is -0.137. The van der Waals surface area contributed by atoms with Crippen molar-refractivity contribution in [1.29, 1.82) is 0 Å². The number of aliphatic carboxylic acids is 1. The first-order valence-electron chi connectivity index (χ1n) is 16.0. The summed E-state index contributed by atoms with van der Waals surface area (Å²) in [5, 5.41) is 11.5. The lowest BCUT2D eigenvalue weighted by atomic mass is 9.67. The van der Waals surface area contributed by atoms with E-state index in [-0.39, 0.29) is 41.7 Å². The molecule has 1 heterocycles. The average molecular weight is 606 g/mol. The van der Waals surface area contributed by atoms with Crippen LogP contribution in [0.3, 0.4) is 0 Å². The zero-order chi connectivity index (χ0) is 32.3. The smallest absolute Gasteiger partial charge is 0.305 e. The van der Waals surface area contributed by atoms with Crippen molar-refractivity contribution in [3.8, 4) is 0 Å². The van der Waals surface area contributed by atoms with Gasteiger partial charge in [0.05, 0.1) is 12.5 Å². The number of hydrogen-bond donors (Lipinski definition) is 2. The van der Waals surface area contributed by atoms with Crippen molar-refractivity contribution >= 4 is 23.5 Å². The molecule has 7 nitrogen and oxygen atoms in total. The molecule has 238 valence electrons. The molecule has 1 fully saturated rings. The number of carbonyl (C=O) groups excluding carboxylic acids is 2.